The molecule has 6 nitrogen and oxygen atoms in total. The minimum atomic E-state index is -0.343. The Morgan fingerprint density at radius 2 is 1.72 bits per heavy atom. The molecule has 2 N–H and O–H groups in total. The first-order valence-electron chi connectivity index (χ1n) is 9.17. The normalized spacial score (nSPS) is 11.7. The highest BCUT2D eigenvalue weighted by molar-refractivity contribution is 8.00. The van der Waals surface area contributed by atoms with Crippen LogP contribution in [0.15, 0.2) is 53.6 Å². The number of anilines is 2. The molecule has 1 atom stereocenters. The predicted octanol–water partition coefficient (Wildman–Crippen LogP) is 4.63. The van der Waals surface area contributed by atoms with Gasteiger partial charge in [-0.2, -0.15) is 0 Å². The van der Waals surface area contributed by atoms with Crippen LogP contribution < -0.4 is 15.4 Å². The van der Waals surface area contributed by atoms with Gasteiger partial charge in [-0.3, -0.25) is 9.59 Å². The topological polar surface area (TPSA) is 80.3 Å². The van der Waals surface area contributed by atoms with E-state index in [-0.39, 0.29) is 17.1 Å². The van der Waals surface area contributed by atoms with Crippen LogP contribution >= 0.6 is 11.8 Å². The van der Waals surface area contributed by atoms with Crippen LogP contribution in [0.2, 0.25) is 0 Å². The summed E-state index contributed by atoms with van der Waals surface area (Å²) in [5.41, 5.74) is 3.22. The van der Waals surface area contributed by atoms with Crippen LogP contribution in [-0.4, -0.2) is 29.2 Å². The van der Waals surface area contributed by atoms with Gasteiger partial charge in [-0.15, -0.1) is 0 Å². The number of aromatic nitrogens is 1. The largest absolute Gasteiger partial charge is 0.494 e. The Bertz CT molecular complexity index is 1050. The number of hydrogen-bond donors (Lipinski definition) is 2. The Balaban J connectivity index is 1.71. The van der Waals surface area contributed by atoms with E-state index in [0.29, 0.717) is 17.1 Å². The molecule has 2 amide bonds. The van der Waals surface area contributed by atoms with Crippen LogP contribution in [0.4, 0.5) is 11.4 Å². The Morgan fingerprint density at radius 1 is 1.07 bits per heavy atom. The van der Waals surface area contributed by atoms with Crippen LogP contribution in [0.3, 0.4) is 0 Å². The number of nitrogens with zero attached hydrogens (tertiary/aromatic N) is 1. The lowest BCUT2D eigenvalue weighted by Gasteiger charge is -2.14. The van der Waals surface area contributed by atoms with Crippen LogP contribution in [0.5, 0.6) is 5.75 Å². The standard InChI is InChI=1S/C22H23N3O3S/c1-13-12-20(25-21-18(13)6-5-7-19(21)28-4)29-14(2)22(27)24-17-10-8-16(9-11-17)23-15(3)26/h5-12,14H,1-4H3,(H,23,26)(H,24,27). The van der Waals surface area contributed by atoms with E-state index < -0.39 is 0 Å². The molecular weight excluding hydrogens is 386 g/mol. The van der Waals surface area contributed by atoms with Crippen molar-refractivity contribution in [3.05, 3.63) is 54.1 Å². The molecule has 0 aliphatic rings. The van der Waals surface area contributed by atoms with Crippen molar-refractivity contribution in [2.24, 2.45) is 0 Å². The molecule has 0 saturated heterocycles. The summed E-state index contributed by atoms with van der Waals surface area (Å²) in [5, 5.41) is 7.04. The molecule has 0 bridgehead atoms. The second kappa shape index (κ2) is 8.96. The van der Waals surface area contributed by atoms with Crippen molar-refractivity contribution < 1.29 is 14.3 Å². The smallest absolute Gasteiger partial charge is 0.237 e. The molecule has 0 saturated carbocycles. The maximum absolute atomic E-state index is 12.6. The number of para-hydroxylation sites is 1. The number of rotatable bonds is 6. The summed E-state index contributed by atoms with van der Waals surface area (Å²) in [7, 11) is 1.62. The van der Waals surface area contributed by atoms with Gasteiger partial charge in [0.2, 0.25) is 11.8 Å². The lowest BCUT2D eigenvalue weighted by molar-refractivity contribution is -0.115. The Morgan fingerprint density at radius 3 is 2.34 bits per heavy atom. The molecule has 1 aromatic heterocycles. The number of benzene rings is 2. The Kier molecular flexibility index (Phi) is 6.39. The molecular formula is C22H23N3O3S. The van der Waals surface area contributed by atoms with Gasteiger partial charge in [0.05, 0.1) is 17.4 Å². The minimum Gasteiger partial charge on any atom is -0.494 e. The molecule has 7 heteroatoms. The third kappa shape index (κ3) is 5.06. The summed E-state index contributed by atoms with van der Waals surface area (Å²) in [6.45, 7) is 5.32. The maximum Gasteiger partial charge on any atom is 0.237 e. The number of pyridine rings is 1. The molecule has 0 fully saturated rings. The number of nitrogens with one attached hydrogen (secondary N) is 2. The van der Waals surface area contributed by atoms with E-state index in [4.69, 9.17) is 9.72 Å². The van der Waals surface area contributed by atoms with Crippen molar-refractivity contribution in [1.29, 1.82) is 0 Å². The molecule has 29 heavy (non-hydrogen) atoms. The van der Waals surface area contributed by atoms with Crippen molar-refractivity contribution >= 4 is 45.9 Å². The molecule has 3 rings (SSSR count). The van der Waals surface area contributed by atoms with E-state index in [1.54, 1.807) is 31.4 Å². The van der Waals surface area contributed by atoms with Crippen molar-refractivity contribution in [2.45, 2.75) is 31.0 Å². The number of methoxy groups -OCH3 is 1. The molecule has 0 spiro atoms. The van der Waals surface area contributed by atoms with Crippen LogP contribution in [0.25, 0.3) is 10.9 Å². The average Bonchev–Trinajstić information content (AvgIpc) is 2.68. The number of carbonyl (C=O) groups excluding carboxylic acids is 2. The quantitative estimate of drug-likeness (QED) is 0.580. The Hall–Kier alpha value is -3.06. The van der Waals surface area contributed by atoms with Crippen molar-refractivity contribution in [3.63, 3.8) is 0 Å². The predicted molar refractivity (Wildman–Crippen MR) is 118 cm³/mol. The van der Waals surface area contributed by atoms with Gasteiger partial charge < -0.3 is 15.4 Å². The first kappa shape index (κ1) is 20.7. The third-order valence-electron chi connectivity index (χ3n) is 4.35. The molecule has 1 heterocycles. The van der Waals surface area contributed by atoms with Gasteiger partial charge in [0.15, 0.2) is 0 Å². The highest BCUT2D eigenvalue weighted by atomic mass is 32.2. The fourth-order valence-corrected chi connectivity index (χ4v) is 3.82. The summed E-state index contributed by atoms with van der Waals surface area (Å²) in [6.07, 6.45) is 0. The second-order valence-corrected chi connectivity index (χ2v) is 8.00. The van der Waals surface area contributed by atoms with Crippen molar-refractivity contribution in [3.8, 4) is 5.75 Å². The molecule has 3 aromatic rings. The summed E-state index contributed by atoms with van der Waals surface area (Å²) >= 11 is 1.39. The fraction of sp³-hybridized carbons (Fsp3) is 0.227. The first-order valence-corrected chi connectivity index (χ1v) is 10.0. The molecule has 1 unspecified atom stereocenters. The lowest BCUT2D eigenvalue weighted by Crippen LogP contribution is -2.22. The number of amides is 2. The van der Waals surface area contributed by atoms with Gasteiger partial charge in [0, 0.05) is 23.7 Å². The molecule has 150 valence electrons. The van der Waals surface area contributed by atoms with E-state index in [1.807, 2.05) is 38.1 Å². The molecule has 0 aliphatic heterocycles. The lowest BCUT2D eigenvalue weighted by atomic mass is 10.1. The second-order valence-electron chi connectivity index (χ2n) is 6.64. The zero-order valence-electron chi connectivity index (χ0n) is 16.8. The first-order chi connectivity index (χ1) is 13.9. The van der Waals surface area contributed by atoms with Gasteiger partial charge in [0.25, 0.3) is 0 Å². The molecule has 0 radical (unpaired) electrons. The van der Waals surface area contributed by atoms with Gasteiger partial charge in [-0.1, -0.05) is 23.9 Å². The summed E-state index contributed by atoms with van der Waals surface area (Å²) in [6, 6.07) is 14.8. The zero-order chi connectivity index (χ0) is 21.0. The van der Waals surface area contributed by atoms with Gasteiger partial charge in [-0.25, -0.2) is 4.98 Å². The summed E-state index contributed by atoms with van der Waals surface area (Å²) < 4.78 is 5.43. The number of ether oxygens (including phenoxy) is 1. The van der Waals surface area contributed by atoms with E-state index in [0.717, 1.165) is 21.5 Å². The SMILES string of the molecule is COc1cccc2c(C)cc(SC(C)C(=O)Nc3ccc(NC(C)=O)cc3)nc12. The molecule has 0 aliphatic carbocycles. The minimum absolute atomic E-state index is 0.123. The summed E-state index contributed by atoms with van der Waals surface area (Å²) in [4.78, 5) is 28.4. The van der Waals surface area contributed by atoms with Crippen LogP contribution in [-0.2, 0) is 9.59 Å². The van der Waals surface area contributed by atoms with Gasteiger partial charge >= 0.3 is 0 Å². The van der Waals surface area contributed by atoms with Gasteiger partial charge in [-0.05, 0) is 55.8 Å². The molecule has 2 aromatic carbocycles. The maximum atomic E-state index is 12.6. The monoisotopic (exact) mass is 409 g/mol. The fourth-order valence-electron chi connectivity index (χ4n) is 2.91. The zero-order valence-corrected chi connectivity index (χ0v) is 17.6. The number of carbonyl (C=O) groups is 2. The Labute approximate surface area is 174 Å². The van der Waals surface area contributed by atoms with Crippen molar-refractivity contribution in [1.82, 2.24) is 4.98 Å². The van der Waals surface area contributed by atoms with E-state index in [2.05, 4.69) is 10.6 Å². The van der Waals surface area contributed by atoms with E-state index in [9.17, 15) is 9.59 Å². The number of thioether (sulfide) groups is 1. The number of fused-ring (bicyclic) bond motifs is 1. The van der Waals surface area contributed by atoms with E-state index >= 15 is 0 Å². The van der Waals surface area contributed by atoms with Crippen LogP contribution in [0, 0.1) is 6.92 Å². The highest BCUT2D eigenvalue weighted by Crippen LogP contribution is 2.31. The van der Waals surface area contributed by atoms with Gasteiger partial charge in [0.1, 0.15) is 11.3 Å². The van der Waals surface area contributed by atoms with Crippen LogP contribution in [0.1, 0.15) is 19.4 Å². The van der Waals surface area contributed by atoms with Crippen molar-refractivity contribution in [2.75, 3.05) is 17.7 Å². The number of aryl methyl sites for hydroxylation is 1. The average molecular weight is 410 g/mol. The highest BCUT2D eigenvalue weighted by Gasteiger charge is 2.17. The van der Waals surface area contributed by atoms with E-state index in [1.165, 1.54) is 18.7 Å². The summed E-state index contributed by atoms with van der Waals surface area (Å²) in [5.74, 6) is 0.452. The number of hydrogen-bond acceptors (Lipinski definition) is 5. The third-order valence-corrected chi connectivity index (χ3v) is 5.36.